The van der Waals surface area contributed by atoms with E-state index in [1.165, 1.54) is 109 Å². The van der Waals surface area contributed by atoms with E-state index in [1.807, 2.05) is 0 Å². The van der Waals surface area contributed by atoms with Gasteiger partial charge in [0, 0.05) is 58.9 Å². The highest BCUT2D eigenvalue weighted by molar-refractivity contribution is 5.81. The van der Waals surface area contributed by atoms with Crippen molar-refractivity contribution in [2.75, 3.05) is 58.9 Å². The fourth-order valence-electron chi connectivity index (χ4n) is 4.63. The third-order valence-electron chi connectivity index (χ3n) is 5.83. The van der Waals surface area contributed by atoms with Crippen LogP contribution in [0.2, 0.25) is 0 Å². The monoisotopic (exact) mass is 331 g/mol. The van der Waals surface area contributed by atoms with Crippen molar-refractivity contribution in [3.63, 3.8) is 0 Å². The number of guanidine groups is 1. The quantitative estimate of drug-likeness (QED) is 0.721. The van der Waals surface area contributed by atoms with Crippen LogP contribution in [0, 0.1) is 0 Å². The Labute approximate surface area is 147 Å². The second-order valence-electron chi connectivity index (χ2n) is 7.60. The van der Waals surface area contributed by atoms with Crippen molar-refractivity contribution in [3.05, 3.63) is 11.9 Å². The molecule has 0 aromatic rings. The minimum Gasteiger partial charge on any atom is -0.358 e. The molecule has 5 heteroatoms. The SMILES string of the molecule is C1=C2N(CCC1)CCCN2CCCCN1CCCN2CCCN=C12. The van der Waals surface area contributed by atoms with Gasteiger partial charge >= 0.3 is 0 Å². The number of hydrogen-bond acceptors (Lipinski definition) is 5. The Morgan fingerprint density at radius 1 is 0.750 bits per heavy atom. The summed E-state index contributed by atoms with van der Waals surface area (Å²) in [7, 11) is 0. The Bertz CT molecular complexity index is 442. The number of unbranched alkanes of at least 4 members (excludes halogenated alkanes) is 1. The summed E-state index contributed by atoms with van der Waals surface area (Å²) in [5.41, 5.74) is 0. The van der Waals surface area contributed by atoms with Crippen molar-refractivity contribution in [2.24, 2.45) is 4.99 Å². The lowest BCUT2D eigenvalue weighted by molar-refractivity contribution is 0.144. The molecule has 4 aliphatic rings. The lowest BCUT2D eigenvalue weighted by Crippen LogP contribution is -2.52. The van der Waals surface area contributed by atoms with Gasteiger partial charge in [-0.2, -0.15) is 0 Å². The van der Waals surface area contributed by atoms with E-state index in [4.69, 9.17) is 4.99 Å². The first-order valence-corrected chi connectivity index (χ1v) is 10.2. The van der Waals surface area contributed by atoms with Crippen LogP contribution >= 0.6 is 0 Å². The van der Waals surface area contributed by atoms with Crippen LogP contribution in [-0.4, -0.2) is 84.5 Å². The standard InChI is InChI=1S/C19H33N5/c1-2-10-21-14-6-15-22(18(21)8-1)11-3-4-12-23-16-7-17-24-13-5-9-20-19(23)24/h8H,1-7,9-17H2. The van der Waals surface area contributed by atoms with E-state index in [0.29, 0.717) is 0 Å². The predicted molar refractivity (Wildman–Crippen MR) is 99.0 cm³/mol. The topological polar surface area (TPSA) is 25.3 Å². The highest BCUT2D eigenvalue weighted by Crippen LogP contribution is 2.23. The predicted octanol–water partition coefficient (Wildman–Crippen LogP) is 2.18. The molecule has 0 saturated carbocycles. The molecule has 0 amide bonds. The average Bonchev–Trinajstić information content (AvgIpc) is 2.65. The molecule has 0 spiro atoms. The van der Waals surface area contributed by atoms with Crippen LogP contribution in [0.5, 0.6) is 0 Å². The summed E-state index contributed by atoms with van der Waals surface area (Å²) in [5, 5.41) is 0. The fourth-order valence-corrected chi connectivity index (χ4v) is 4.63. The van der Waals surface area contributed by atoms with Crippen LogP contribution in [0.4, 0.5) is 0 Å². The molecule has 0 N–H and O–H groups in total. The number of nitrogens with zero attached hydrogens (tertiary/aromatic N) is 5. The Morgan fingerprint density at radius 3 is 2.38 bits per heavy atom. The Balaban J connectivity index is 1.24. The molecule has 0 aliphatic carbocycles. The van der Waals surface area contributed by atoms with E-state index in [1.54, 1.807) is 0 Å². The second kappa shape index (κ2) is 7.66. The molecule has 5 nitrogen and oxygen atoms in total. The lowest BCUT2D eigenvalue weighted by atomic mass is 10.1. The van der Waals surface area contributed by atoms with E-state index in [-0.39, 0.29) is 0 Å². The van der Waals surface area contributed by atoms with Gasteiger partial charge in [-0.15, -0.1) is 0 Å². The normalized spacial score (nSPS) is 24.3. The van der Waals surface area contributed by atoms with E-state index in [0.717, 1.165) is 6.54 Å². The van der Waals surface area contributed by atoms with Gasteiger partial charge in [-0.25, -0.2) is 0 Å². The summed E-state index contributed by atoms with van der Waals surface area (Å²) in [6, 6.07) is 0. The molecule has 24 heavy (non-hydrogen) atoms. The molecule has 0 unspecified atom stereocenters. The lowest BCUT2D eigenvalue weighted by Gasteiger charge is -2.43. The first-order chi connectivity index (χ1) is 11.9. The number of allylic oxidation sites excluding steroid dienone is 1. The molecule has 2 fully saturated rings. The van der Waals surface area contributed by atoms with Gasteiger partial charge in [0.15, 0.2) is 5.96 Å². The van der Waals surface area contributed by atoms with Crippen molar-refractivity contribution >= 4 is 5.96 Å². The second-order valence-corrected chi connectivity index (χ2v) is 7.60. The number of fused-ring (bicyclic) bond motifs is 2. The highest BCUT2D eigenvalue weighted by Gasteiger charge is 2.26. The Morgan fingerprint density at radius 2 is 1.46 bits per heavy atom. The molecule has 0 atom stereocenters. The molecule has 4 aliphatic heterocycles. The van der Waals surface area contributed by atoms with E-state index < -0.39 is 0 Å². The molecule has 0 aromatic heterocycles. The third-order valence-corrected chi connectivity index (χ3v) is 5.83. The van der Waals surface area contributed by atoms with Crippen LogP contribution in [0.1, 0.15) is 44.9 Å². The largest absolute Gasteiger partial charge is 0.358 e. The van der Waals surface area contributed by atoms with Crippen LogP contribution in [-0.2, 0) is 0 Å². The summed E-state index contributed by atoms with van der Waals surface area (Å²) >= 11 is 0. The average molecular weight is 332 g/mol. The molecule has 4 rings (SSSR count). The first kappa shape index (κ1) is 16.1. The molecule has 0 radical (unpaired) electrons. The van der Waals surface area contributed by atoms with Crippen LogP contribution < -0.4 is 0 Å². The fraction of sp³-hybridized carbons (Fsp3) is 0.842. The van der Waals surface area contributed by atoms with Crippen molar-refractivity contribution in [1.82, 2.24) is 19.6 Å². The van der Waals surface area contributed by atoms with E-state index in [2.05, 4.69) is 25.7 Å². The van der Waals surface area contributed by atoms with E-state index >= 15 is 0 Å². The maximum Gasteiger partial charge on any atom is 0.196 e. The molecule has 134 valence electrons. The minimum absolute atomic E-state index is 1.03. The molecule has 0 aromatic carbocycles. The van der Waals surface area contributed by atoms with Gasteiger partial charge in [0.1, 0.15) is 0 Å². The summed E-state index contributed by atoms with van der Waals surface area (Å²) in [6.07, 6.45) is 11.5. The van der Waals surface area contributed by atoms with Crippen molar-refractivity contribution in [1.29, 1.82) is 0 Å². The van der Waals surface area contributed by atoms with Gasteiger partial charge in [0.2, 0.25) is 0 Å². The molecule has 2 saturated heterocycles. The van der Waals surface area contributed by atoms with Crippen molar-refractivity contribution < 1.29 is 0 Å². The zero-order valence-corrected chi connectivity index (χ0v) is 15.1. The summed E-state index contributed by atoms with van der Waals surface area (Å²) in [5.74, 6) is 2.83. The molecular formula is C19H33N5. The maximum atomic E-state index is 4.80. The summed E-state index contributed by atoms with van der Waals surface area (Å²) in [6.45, 7) is 10.9. The molecule has 4 heterocycles. The Hall–Kier alpha value is -1.39. The number of aliphatic imine (C=N–C) groups is 1. The van der Waals surface area contributed by atoms with Crippen LogP contribution in [0.15, 0.2) is 16.9 Å². The van der Waals surface area contributed by atoms with Crippen molar-refractivity contribution in [2.45, 2.75) is 44.9 Å². The molecule has 0 bridgehead atoms. The van der Waals surface area contributed by atoms with E-state index in [9.17, 15) is 0 Å². The number of rotatable bonds is 5. The van der Waals surface area contributed by atoms with Crippen LogP contribution in [0.25, 0.3) is 0 Å². The van der Waals surface area contributed by atoms with Crippen molar-refractivity contribution in [3.8, 4) is 0 Å². The van der Waals surface area contributed by atoms with Gasteiger partial charge < -0.3 is 19.6 Å². The van der Waals surface area contributed by atoms with Gasteiger partial charge in [0.25, 0.3) is 0 Å². The summed E-state index contributed by atoms with van der Waals surface area (Å²) in [4.78, 5) is 15.1. The molecular weight excluding hydrogens is 298 g/mol. The third kappa shape index (κ3) is 3.50. The number of hydrogen-bond donors (Lipinski definition) is 0. The van der Waals surface area contributed by atoms with Gasteiger partial charge in [-0.3, -0.25) is 4.99 Å². The van der Waals surface area contributed by atoms with Crippen LogP contribution in [0.3, 0.4) is 0 Å². The zero-order valence-electron chi connectivity index (χ0n) is 15.1. The smallest absolute Gasteiger partial charge is 0.196 e. The van der Waals surface area contributed by atoms with Gasteiger partial charge in [0.05, 0.1) is 5.82 Å². The maximum absolute atomic E-state index is 4.80. The summed E-state index contributed by atoms with van der Waals surface area (Å²) < 4.78 is 0. The van der Waals surface area contributed by atoms with Gasteiger partial charge in [-0.05, 0) is 51.0 Å². The first-order valence-electron chi connectivity index (χ1n) is 10.2. The van der Waals surface area contributed by atoms with Gasteiger partial charge in [-0.1, -0.05) is 0 Å². The Kier molecular flexibility index (Phi) is 5.14. The highest BCUT2D eigenvalue weighted by atomic mass is 15.4. The zero-order chi connectivity index (χ0) is 16.2. The minimum atomic E-state index is 1.03.